The molecule has 2 aromatic heterocycles. The molecule has 268 valence electrons. The Hall–Kier alpha value is -3.20. The Labute approximate surface area is 311 Å². The first-order valence-electron chi connectivity index (χ1n) is 16.1. The SMILES string of the molecule is C[C@@]1(CN)CCN(c2cnc(-c3cccc(Cl)c3Cl)c(N)n2)C[C@@H]1O.C[C@]1(CN)CCN(c2cnc(-c3cccc(Cl)c3Cl)c(N)n2)C[C@H]1O. The molecule has 0 aliphatic carbocycles. The van der Waals surface area contributed by atoms with Crippen LogP contribution in [0.1, 0.15) is 26.7 Å². The van der Waals surface area contributed by atoms with Gasteiger partial charge in [-0.2, -0.15) is 0 Å². The minimum atomic E-state index is -0.531. The normalized spacial score (nSPS) is 23.7. The summed E-state index contributed by atoms with van der Waals surface area (Å²) in [5.41, 5.74) is 25.5. The Bertz CT molecular complexity index is 1710. The Morgan fingerprint density at radius 3 is 1.40 bits per heavy atom. The third-order valence-electron chi connectivity index (χ3n) is 9.87. The van der Waals surface area contributed by atoms with Gasteiger partial charge in [0.15, 0.2) is 11.6 Å². The van der Waals surface area contributed by atoms with Crippen molar-refractivity contribution in [1.29, 1.82) is 0 Å². The predicted octanol–water partition coefficient (Wildman–Crippen LogP) is 5.14. The van der Waals surface area contributed by atoms with Crippen LogP contribution in [0.5, 0.6) is 0 Å². The highest BCUT2D eigenvalue weighted by atomic mass is 35.5. The van der Waals surface area contributed by atoms with Crippen LogP contribution in [0.2, 0.25) is 20.1 Å². The number of benzene rings is 2. The molecule has 4 aromatic rings. The number of halogens is 4. The summed E-state index contributed by atoms with van der Waals surface area (Å²) < 4.78 is 0. The summed E-state index contributed by atoms with van der Waals surface area (Å²) in [4.78, 5) is 21.7. The molecule has 0 spiro atoms. The molecule has 0 bridgehead atoms. The number of hydrogen-bond donors (Lipinski definition) is 6. The molecule has 6 rings (SSSR count). The first kappa shape index (κ1) is 38.0. The van der Waals surface area contributed by atoms with E-state index in [2.05, 4.69) is 19.9 Å². The first-order chi connectivity index (χ1) is 23.7. The fraction of sp³-hybridized carbons (Fsp3) is 0.412. The van der Waals surface area contributed by atoms with Crippen LogP contribution in [0.25, 0.3) is 22.5 Å². The predicted molar refractivity (Wildman–Crippen MR) is 204 cm³/mol. The zero-order valence-electron chi connectivity index (χ0n) is 27.8. The van der Waals surface area contributed by atoms with E-state index in [1.165, 1.54) is 0 Å². The molecule has 2 aliphatic rings. The third kappa shape index (κ3) is 7.83. The van der Waals surface area contributed by atoms with Crippen molar-refractivity contribution in [2.45, 2.75) is 38.9 Å². The van der Waals surface area contributed by atoms with Gasteiger partial charge in [0.2, 0.25) is 0 Å². The van der Waals surface area contributed by atoms with E-state index < -0.39 is 12.2 Å². The molecule has 0 radical (unpaired) electrons. The maximum atomic E-state index is 10.4. The van der Waals surface area contributed by atoms with Crippen LogP contribution in [-0.2, 0) is 0 Å². The van der Waals surface area contributed by atoms with E-state index in [9.17, 15) is 10.2 Å². The van der Waals surface area contributed by atoms with Crippen molar-refractivity contribution in [2.75, 3.05) is 60.5 Å². The average Bonchev–Trinajstić information content (AvgIpc) is 3.10. The molecule has 12 nitrogen and oxygen atoms in total. The first-order valence-corrected chi connectivity index (χ1v) is 17.6. The van der Waals surface area contributed by atoms with Gasteiger partial charge in [-0.1, -0.05) is 84.5 Å². The van der Waals surface area contributed by atoms with Crippen molar-refractivity contribution in [2.24, 2.45) is 22.3 Å². The molecular formula is C34H42Cl4N10O2. The van der Waals surface area contributed by atoms with Crippen LogP contribution in [0, 0.1) is 10.8 Å². The van der Waals surface area contributed by atoms with Crippen LogP contribution in [0.4, 0.5) is 23.3 Å². The summed E-state index contributed by atoms with van der Waals surface area (Å²) >= 11 is 24.6. The van der Waals surface area contributed by atoms with E-state index in [0.29, 0.717) is 80.4 Å². The molecule has 16 heteroatoms. The van der Waals surface area contributed by atoms with Gasteiger partial charge in [0.1, 0.15) is 23.0 Å². The van der Waals surface area contributed by atoms with Gasteiger partial charge in [0.25, 0.3) is 0 Å². The van der Waals surface area contributed by atoms with E-state index in [1.807, 2.05) is 23.6 Å². The molecule has 4 atom stereocenters. The lowest BCUT2D eigenvalue weighted by atomic mass is 9.78. The number of rotatable bonds is 6. The van der Waals surface area contributed by atoms with Crippen molar-refractivity contribution in [3.8, 4) is 22.5 Å². The van der Waals surface area contributed by atoms with E-state index in [1.54, 1.807) is 48.8 Å². The van der Waals surface area contributed by atoms with Crippen LogP contribution in [-0.4, -0.2) is 81.6 Å². The van der Waals surface area contributed by atoms with Gasteiger partial charge < -0.3 is 42.9 Å². The van der Waals surface area contributed by atoms with E-state index >= 15 is 0 Å². The number of aliphatic hydroxyl groups excluding tert-OH is 2. The monoisotopic (exact) mass is 762 g/mol. The second-order valence-electron chi connectivity index (χ2n) is 13.3. The van der Waals surface area contributed by atoms with Gasteiger partial charge >= 0.3 is 0 Å². The third-order valence-corrected chi connectivity index (χ3v) is 11.5. The second-order valence-corrected chi connectivity index (χ2v) is 14.8. The smallest absolute Gasteiger partial charge is 0.152 e. The second kappa shape index (κ2) is 15.6. The summed E-state index contributed by atoms with van der Waals surface area (Å²) in [6, 6.07) is 10.6. The van der Waals surface area contributed by atoms with Gasteiger partial charge in [-0.25, -0.2) is 19.9 Å². The molecule has 0 unspecified atom stereocenters. The molecule has 2 saturated heterocycles. The fourth-order valence-electron chi connectivity index (χ4n) is 5.93. The zero-order valence-corrected chi connectivity index (χ0v) is 30.9. The number of β-amino-alcohol motifs (C(OH)–C–C–N with tert-alkyl or cyclic N) is 2. The Morgan fingerprint density at radius 1 is 0.700 bits per heavy atom. The van der Waals surface area contributed by atoms with Crippen LogP contribution < -0.4 is 32.7 Å². The summed E-state index contributed by atoms with van der Waals surface area (Å²) in [5, 5.41) is 22.4. The number of hydrogen-bond acceptors (Lipinski definition) is 12. The summed E-state index contributed by atoms with van der Waals surface area (Å²) in [5.74, 6) is 1.78. The minimum Gasteiger partial charge on any atom is -0.391 e. The Kier molecular flexibility index (Phi) is 11.9. The minimum absolute atomic E-state index is 0.267. The van der Waals surface area contributed by atoms with Crippen LogP contribution in [0.3, 0.4) is 0 Å². The number of nitrogen functional groups attached to an aromatic ring is 2. The number of aliphatic hydroxyl groups is 2. The lowest BCUT2D eigenvalue weighted by molar-refractivity contribution is 0.0277. The fourth-order valence-corrected chi connectivity index (χ4v) is 6.71. The Balaban J connectivity index is 0.000000194. The zero-order chi connectivity index (χ0) is 36.4. The number of anilines is 4. The van der Waals surface area contributed by atoms with Gasteiger partial charge in [0.05, 0.1) is 44.7 Å². The standard InChI is InChI=1S/2C17H21Cl2N5O/c2*1-17(9-20)5-6-24(8-12(17)25)13-7-22-15(16(21)23-13)10-3-2-4-11(18)14(10)19/h2*2-4,7,12,25H,5-6,8-9,20H2,1H3,(H2,21,23)/t2*12-,17-/m10/s1. The van der Waals surface area contributed by atoms with Gasteiger partial charge in [-0.3, -0.25) is 0 Å². The topological polar surface area (TPSA) is 203 Å². The number of aromatic nitrogens is 4. The summed E-state index contributed by atoms with van der Waals surface area (Å²) in [7, 11) is 0. The van der Waals surface area contributed by atoms with Crippen molar-refractivity contribution in [3.63, 3.8) is 0 Å². The lowest BCUT2D eigenvalue weighted by Gasteiger charge is -2.43. The van der Waals surface area contributed by atoms with Crippen molar-refractivity contribution in [1.82, 2.24) is 19.9 Å². The summed E-state index contributed by atoms with van der Waals surface area (Å²) in [6.45, 7) is 7.24. The summed E-state index contributed by atoms with van der Waals surface area (Å²) in [6.07, 6.45) is 3.76. The van der Waals surface area contributed by atoms with Crippen LogP contribution >= 0.6 is 46.4 Å². The molecule has 50 heavy (non-hydrogen) atoms. The largest absolute Gasteiger partial charge is 0.391 e. The van der Waals surface area contributed by atoms with Gasteiger partial charge in [-0.05, 0) is 25.0 Å². The molecule has 4 heterocycles. The molecule has 10 N–H and O–H groups in total. The quantitative estimate of drug-likeness (QED) is 0.151. The van der Waals surface area contributed by atoms with E-state index in [4.69, 9.17) is 69.3 Å². The molecule has 2 aromatic carbocycles. The molecule has 0 saturated carbocycles. The van der Waals surface area contributed by atoms with Crippen molar-refractivity contribution in [3.05, 3.63) is 68.9 Å². The molecule has 0 amide bonds. The van der Waals surface area contributed by atoms with E-state index in [0.717, 1.165) is 25.9 Å². The maximum Gasteiger partial charge on any atom is 0.152 e. The maximum absolute atomic E-state index is 10.4. The van der Waals surface area contributed by atoms with Gasteiger partial charge in [-0.15, -0.1) is 0 Å². The van der Waals surface area contributed by atoms with Crippen molar-refractivity contribution < 1.29 is 10.2 Å². The highest BCUT2D eigenvalue weighted by molar-refractivity contribution is 6.44. The number of nitrogens with zero attached hydrogens (tertiary/aromatic N) is 6. The number of nitrogens with two attached hydrogens (primary N) is 4. The Morgan fingerprint density at radius 2 is 1.08 bits per heavy atom. The van der Waals surface area contributed by atoms with Crippen LogP contribution in [0.15, 0.2) is 48.8 Å². The highest BCUT2D eigenvalue weighted by Crippen LogP contribution is 2.38. The number of piperidine rings is 2. The molecular weight excluding hydrogens is 722 g/mol. The average molecular weight is 765 g/mol. The molecule has 2 fully saturated rings. The van der Waals surface area contributed by atoms with E-state index in [-0.39, 0.29) is 22.5 Å². The van der Waals surface area contributed by atoms with Gasteiger partial charge in [0, 0.05) is 61.2 Å². The molecule has 2 aliphatic heterocycles. The highest BCUT2D eigenvalue weighted by Gasteiger charge is 2.39. The lowest BCUT2D eigenvalue weighted by Crippen LogP contribution is -2.53. The van der Waals surface area contributed by atoms with Crippen molar-refractivity contribution >= 4 is 69.7 Å².